The van der Waals surface area contributed by atoms with Crippen molar-refractivity contribution < 1.29 is 4.79 Å². The number of nitrogens with one attached hydrogen (secondary N) is 3. The lowest BCUT2D eigenvalue weighted by Crippen LogP contribution is -2.45. The highest BCUT2D eigenvalue weighted by Crippen LogP contribution is 2.36. The lowest BCUT2D eigenvalue weighted by atomic mass is 9.88. The molecule has 1 fully saturated rings. The van der Waals surface area contributed by atoms with E-state index < -0.39 is 0 Å². The highest BCUT2D eigenvalue weighted by Gasteiger charge is 2.31. The van der Waals surface area contributed by atoms with Crippen molar-refractivity contribution in [2.45, 2.75) is 51.6 Å². The number of likely N-dealkylation sites (tertiary alicyclic amines) is 1. The number of carbonyl (C=O) groups excluding carboxylic acids is 1. The van der Waals surface area contributed by atoms with Crippen molar-refractivity contribution in [3.8, 4) is 0 Å². The van der Waals surface area contributed by atoms with Gasteiger partial charge in [0.2, 0.25) is 5.91 Å². The second-order valence-corrected chi connectivity index (χ2v) is 8.33. The molecule has 1 aliphatic rings. The molecule has 0 radical (unpaired) electrons. The van der Waals surface area contributed by atoms with Crippen molar-refractivity contribution in [3.05, 3.63) is 22.4 Å². The molecule has 152 valence electrons. The molecule has 6 nitrogen and oxygen atoms in total. The second-order valence-electron chi connectivity index (χ2n) is 7.35. The van der Waals surface area contributed by atoms with Gasteiger partial charge < -0.3 is 16.0 Å². The number of piperidine rings is 1. The van der Waals surface area contributed by atoms with Gasteiger partial charge in [-0.05, 0) is 57.1 Å². The fourth-order valence-electron chi connectivity index (χ4n) is 3.57. The first-order valence-electron chi connectivity index (χ1n) is 10.0. The van der Waals surface area contributed by atoms with Gasteiger partial charge in [-0.1, -0.05) is 13.0 Å². The molecule has 0 aromatic carbocycles. The molecule has 7 heteroatoms. The molecule has 3 atom stereocenters. The van der Waals surface area contributed by atoms with Crippen LogP contribution in [0.2, 0.25) is 0 Å². The summed E-state index contributed by atoms with van der Waals surface area (Å²) >= 11 is 1.84. The van der Waals surface area contributed by atoms with Crippen LogP contribution < -0.4 is 16.0 Å². The Labute approximate surface area is 167 Å². The maximum Gasteiger partial charge on any atom is 0.221 e. The number of carbonyl (C=O) groups is 1. The number of hydrogen-bond acceptors (Lipinski definition) is 4. The maximum absolute atomic E-state index is 11.9. The van der Waals surface area contributed by atoms with E-state index in [-0.39, 0.29) is 11.9 Å². The van der Waals surface area contributed by atoms with Gasteiger partial charge in [-0.15, -0.1) is 11.3 Å². The van der Waals surface area contributed by atoms with E-state index in [9.17, 15) is 4.79 Å². The Kier molecular flexibility index (Phi) is 9.07. The summed E-state index contributed by atoms with van der Waals surface area (Å²) in [7, 11) is 4.00. The van der Waals surface area contributed by atoms with E-state index in [0.29, 0.717) is 24.9 Å². The normalized spacial score (nSPS) is 22.3. The smallest absolute Gasteiger partial charge is 0.221 e. The van der Waals surface area contributed by atoms with E-state index >= 15 is 0 Å². The summed E-state index contributed by atoms with van der Waals surface area (Å²) in [6, 6.07) is 5.07. The van der Waals surface area contributed by atoms with Gasteiger partial charge in [-0.25, -0.2) is 0 Å². The Morgan fingerprint density at radius 1 is 1.44 bits per heavy atom. The van der Waals surface area contributed by atoms with Crippen LogP contribution in [0.4, 0.5) is 0 Å². The van der Waals surface area contributed by atoms with Crippen LogP contribution in [-0.2, 0) is 4.79 Å². The number of thiophene rings is 1. The number of rotatable bonds is 8. The number of hydrogen-bond donors (Lipinski definition) is 3. The van der Waals surface area contributed by atoms with Crippen LogP contribution in [0.1, 0.15) is 50.4 Å². The highest BCUT2D eigenvalue weighted by molar-refractivity contribution is 7.10. The van der Waals surface area contributed by atoms with Gasteiger partial charge in [0.15, 0.2) is 5.96 Å². The van der Waals surface area contributed by atoms with Crippen LogP contribution >= 0.6 is 11.3 Å². The standard InChI is InChI=1S/C20H35N5OS/c1-5-15(2)24-18(26)10-11-22-20(21-3)23-14-16-8-6-12-25(4)19(16)17-9-7-13-27-17/h7,9,13,15-16,19H,5-6,8,10-12,14H2,1-4H3,(H,24,26)(H2,21,22,23). The molecule has 0 spiro atoms. The van der Waals surface area contributed by atoms with E-state index in [1.54, 1.807) is 7.05 Å². The molecule has 1 aromatic rings. The first kappa shape index (κ1) is 21.7. The topological polar surface area (TPSA) is 68.8 Å². The van der Waals surface area contributed by atoms with Crippen molar-refractivity contribution in [3.63, 3.8) is 0 Å². The third-order valence-corrected chi connectivity index (χ3v) is 6.20. The Balaban J connectivity index is 1.79. The first-order valence-corrected chi connectivity index (χ1v) is 10.9. The highest BCUT2D eigenvalue weighted by atomic mass is 32.1. The van der Waals surface area contributed by atoms with Crippen molar-refractivity contribution in [1.82, 2.24) is 20.9 Å². The molecule has 3 unspecified atom stereocenters. The quantitative estimate of drug-likeness (QED) is 0.469. The van der Waals surface area contributed by atoms with Gasteiger partial charge in [0.1, 0.15) is 0 Å². The fraction of sp³-hybridized carbons (Fsp3) is 0.700. The van der Waals surface area contributed by atoms with Gasteiger partial charge in [-0.3, -0.25) is 14.7 Å². The van der Waals surface area contributed by atoms with Crippen molar-refractivity contribution in [1.29, 1.82) is 0 Å². The average Bonchev–Trinajstić information content (AvgIpc) is 3.18. The molecule has 1 aromatic heterocycles. The molecule has 1 amide bonds. The van der Waals surface area contributed by atoms with Gasteiger partial charge in [0.25, 0.3) is 0 Å². The number of amides is 1. The predicted octanol–water partition coefficient (Wildman–Crippen LogP) is 2.60. The van der Waals surface area contributed by atoms with Gasteiger partial charge in [0.05, 0.1) is 0 Å². The zero-order valence-corrected chi connectivity index (χ0v) is 17.9. The molecule has 2 rings (SSSR count). The third-order valence-electron chi connectivity index (χ3n) is 5.26. The van der Waals surface area contributed by atoms with E-state index in [4.69, 9.17) is 0 Å². The van der Waals surface area contributed by atoms with Gasteiger partial charge >= 0.3 is 0 Å². The molecule has 1 saturated heterocycles. The SMILES string of the molecule is CCC(C)NC(=O)CCNC(=NC)NCC1CCCN(C)C1c1cccs1. The summed E-state index contributed by atoms with van der Waals surface area (Å²) in [4.78, 5) is 20.1. The van der Waals surface area contributed by atoms with E-state index in [2.05, 4.69) is 57.3 Å². The van der Waals surface area contributed by atoms with E-state index in [0.717, 1.165) is 25.5 Å². The Morgan fingerprint density at radius 3 is 2.93 bits per heavy atom. The van der Waals surface area contributed by atoms with Crippen molar-refractivity contribution in [2.24, 2.45) is 10.9 Å². The van der Waals surface area contributed by atoms with Crippen LogP contribution in [0.15, 0.2) is 22.5 Å². The molecule has 27 heavy (non-hydrogen) atoms. The summed E-state index contributed by atoms with van der Waals surface area (Å²) in [5.41, 5.74) is 0. The lowest BCUT2D eigenvalue weighted by Gasteiger charge is -2.39. The third kappa shape index (κ3) is 6.81. The fourth-order valence-corrected chi connectivity index (χ4v) is 4.56. The predicted molar refractivity (Wildman–Crippen MR) is 114 cm³/mol. The Morgan fingerprint density at radius 2 is 2.26 bits per heavy atom. The minimum atomic E-state index is 0.0824. The molecule has 2 heterocycles. The van der Waals surface area contributed by atoms with Crippen LogP contribution in [-0.4, -0.2) is 56.5 Å². The van der Waals surface area contributed by atoms with Crippen LogP contribution in [0.25, 0.3) is 0 Å². The zero-order valence-electron chi connectivity index (χ0n) is 17.1. The summed E-state index contributed by atoms with van der Waals surface area (Å²) in [5.74, 6) is 1.40. The average molecular weight is 394 g/mol. The lowest BCUT2D eigenvalue weighted by molar-refractivity contribution is -0.121. The van der Waals surface area contributed by atoms with Gasteiger partial charge in [-0.2, -0.15) is 0 Å². The van der Waals surface area contributed by atoms with E-state index in [1.165, 1.54) is 17.7 Å². The molecule has 0 saturated carbocycles. The minimum absolute atomic E-state index is 0.0824. The molecule has 1 aliphatic heterocycles. The minimum Gasteiger partial charge on any atom is -0.356 e. The number of aliphatic imine (C=N–C) groups is 1. The summed E-state index contributed by atoms with van der Waals surface area (Å²) < 4.78 is 0. The van der Waals surface area contributed by atoms with Crippen LogP contribution in [0, 0.1) is 5.92 Å². The zero-order chi connectivity index (χ0) is 19.6. The summed E-state index contributed by atoms with van der Waals surface area (Å²) in [6.07, 6.45) is 3.85. The molecular formula is C20H35N5OS. The van der Waals surface area contributed by atoms with Crippen molar-refractivity contribution in [2.75, 3.05) is 33.7 Å². The largest absolute Gasteiger partial charge is 0.356 e. The Bertz CT molecular complexity index is 589. The van der Waals surface area contributed by atoms with E-state index in [1.807, 2.05) is 18.3 Å². The van der Waals surface area contributed by atoms with Crippen molar-refractivity contribution >= 4 is 23.2 Å². The summed E-state index contributed by atoms with van der Waals surface area (Å²) in [6.45, 7) is 6.71. The molecular weight excluding hydrogens is 358 g/mol. The molecule has 0 bridgehead atoms. The molecule has 0 aliphatic carbocycles. The summed E-state index contributed by atoms with van der Waals surface area (Å²) in [5, 5.41) is 11.9. The number of guanidine groups is 1. The Hall–Kier alpha value is -1.60. The number of nitrogens with zero attached hydrogens (tertiary/aromatic N) is 2. The maximum atomic E-state index is 11.9. The second kappa shape index (κ2) is 11.3. The molecule has 3 N–H and O–H groups in total. The van der Waals surface area contributed by atoms with Crippen LogP contribution in [0.5, 0.6) is 0 Å². The van der Waals surface area contributed by atoms with Gasteiger partial charge in [0, 0.05) is 43.5 Å². The first-order chi connectivity index (χ1) is 13.0. The van der Waals surface area contributed by atoms with Crippen LogP contribution in [0.3, 0.4) is 0 Å². The monoisotopic (exact) mass is 393 g/mol.